The fourth-order valence-electron chi connectivity index (χ4n) is 3.29. The fraction of sp³-hybridized carbons (Fsp3) is 0.381. The summed E-state index contributed by atoms with van der Waals surface area (Å²) < 4.78 is 24.4. The number of morpholine rings is 1. The molecule has 0 spiro atoms. The van der Waals surface area contributed by atoms with Crippen molar-refractivity contribution in [3.8, 4) is 5.75 Å². The molecule has 162 valence electrons. The number of hydrogen-bond acceptors (Lipinski definition) is 5. The summed E-state index contributed by atoms with van der Waals surface area (Å²) in [4.78, 5) is 15.0. The van der Waals surface area contributed by atoms with Crippen LogP contribution in [0.25, 0.3) is 0 Å². The maximum Gasteiger partial charge on any atom is 0.255 e. The molecule has 1 aliphatic rings. The Labute approximate surface area is 185 Å². The van der Waals surface area contributed by atoms with Crippen molar-refractivity contribution in [2.45, 2.75) is 19.6 Å². The van der Waals surface area contributed by atoms with E-state index in [1.54, 1.807) is 19.1 Å². The molecule has 0 radical (unpaired) electrons. The number of carbonyl (C=O) groups excluding carboxylic acids is 1. The summed E-state index contributed by atoms with van der Waals surface area (Å²) in [5.41, 5.74) is 7.35. The summed E-state index contributed by atoms with van der Waals surface area (Å²) in [5, 5.41) is 3.19. The first-order chi connectivity index (χ1) is 14.4. The van der Waals surface area contributed by atoms with Gasteiger partial charge in [0.05, 0.1) is 40.6 Å². The van der Waals surface area contributed by atoms with Gasteiger partial charge in [-0.25, -0.2) is 4.39 Å². The Hall–Kier alpha value is -2.06. The first-order valence-corrected chi connectivity index (χ1v) is 10.4. The largest absolute Gasteiger partial charge is 0.491 e. The van der Waals surface area contributed by atoms with Crippen LogP contribution in [0.1, 0.15) is 22.8 Å². The van der Waals surface area contributed by atoms with Gasteiger partial charge in [-0.1, -0.05) is 35.3 Å². The van der Waals surface area contributed by atoms with Crippen molar-refractivity contribution in [2.24, 2.45) is 0 Å². The summed E-state index contributed by atoms with van der Waals surface area (Å²) in [6, 6.07) is 7.89. The number of nitrogens with one attached hydrogen (secondary N) is 1. The highest BCUT2D eigenvalue weighted by Gasteiger charge is 2.24. The predicted octanol–water partition coefficient (Wildman–Crippen LogP) is 3.74. The van der Waals surface area contributed by atoms with E-state index in [1.807, 2.05) is 0 Å². The second kappa shape index (κ2) is 10.3. The van der Waals surface area contributed by atoms with Crippen molar-refractivity contribution in [3.63, 3.8) is 0 Å². The molecular weight excluding hydrogens is 432 g/mol. The number of nitrogens with two attached hydrogens (primary N) is 1. The molecule has 0 aromatic heterocycles. The van der Waals surface area contributed by atoms with E-state index in [1.165, 1.54) is 18.2 Å². The van der Waals surface area contributed by atoms with E-state index < -0.39 is 0 Å². The first kappa shape index (κ1) is 22.6. The molecule has 3 N–H and O–H groups in total. The van der Waals surface area contributed by atoms with Crippen molar-refractivity contribution in [1.82, 2.24) is 10.2 Å². The number of ether oxygens (including phenoxy) is 2. The Morgan fingerprint density at radius 1 is 1.37 bits per heavy atom. The maximum atomic E-state index is 13.1. The van der Waals surface area contributed by atoms with Gasteiger partial charge < -0.3 is 20.5 Å². The van der Waals surface area contributed by atoms with Crippen LogP contribution in [-0.4, -0.2) is 49.8 Å². The highest BCUT2D eigenvalue weighted by atomic mass is 35.5. The lowest BCUT2D eigenvalue weighted by molar-refractivity contribution is -0.0292. The quantitative estimate of drug-likeness (QED) is 0.621. The van der Waals surface area contributed by atoms with Gasteiger partial charge in [0.15, 0.2) is 5.75 Å². The molecule has 2 aromatic carbocycles. The Morgan fingerprint density at radius 2 is 2.10 bits per heavy atom. The lowest BCUT2D eigenvalue weighted by Gasteiger charge is -2.33. The molecule has 0 saturated carbocycles. The molecule has 30 heavy (non-hydrogen) atoms. The SMILES string of the molecule is CCOc1c(C(=O)NCC2CN(Cc3ccc(F)cc3)CCO2)cc(Cl)c(Cl)c1N. The molecule has 1 heterocycles. The molecule has 3 rings (SSSR count). The van der Waals surface area contributed by atoms with Crippen LogP contribution in [0.3, 0.4) is 0 Å². The van der Waals surface area contributed by atoms with E-state index >= 15 is 0 Å². The van der Waals surface area contributed by atoms with Gasteiger partial charge in [-0.2, -0.15) is 0 Å². The molecule has 0 aliphatic carbocycles. The zero-order chi connectivity index (χ0) is 21.7. The lowest BCUT2D eigenvalue weighted by Crippen LogP contribution is -2.47. The molecule has 1 fully saturated rings. The van der Waals surface area contributed by atoms with Gasteiger partial charge in [-0.05, 0) is 30.7 Å². The number of nitrogen functional groups attached to an aromatic ring is 1. The third-order valence-corrected chi connectivity index (χ3v) is 5.57. The van der Waals surface area contributed by atoms with E-state index in [0.717, 1.165) is 12.1 Å². The van der Waals surface area contributed by atoms with Gasteiger partial charge in [-0.3, -0.25) is 9.69 Å². The molecule has 1 saturated heterocycles. The Bertz CT molecular complexity index is 896. The van der Waals surface area contributed by atoms with Gasteiger partial charge in [0.1, 0.15) is 5.82 Å². The summed E-state index contributed by atoms with van der Waals surface area (Å²) in [5.74, 6) is -0.412. The molecule has 6 nitrogen and oxygen atoms in total. The monoisotopic (exact) mass is 455 g/mol. The molecule has 1 aliphatic heterocycles. The van der Waals surface area contributed by atoms with Crippen LogP contribution in [0.4, 0.5) is 10.1 Å². The van der Waals surface area contributed by atoms with Crippen LogP contribution in [0, 0.1) is 5.82 Å². The van der Waals surface area contributed by atoms with Gasteiger partial charge in [0, 0.05) is 26.2 Å². The minimum atomic E-state index is -0.372. The number of carbonyl (C=O) groups is 1. The van der Waals surface area contributed by atoms with Crippen molar-refractivity contribution >= 4 is 34.8 Å². The van der Waals surface area contributed by atoms with E-state index in [4.69, 9.17) is 38.4 Å². The van der Waals surface area contributed by atoms with Crippen LogP contribution < -0.4 is 15.8 Å². The third-order valence-electron chi connectivity index (χ3n) is 4.77. The Kier molecular flexibility index (Phi) is 7.77. The van der Waals surface area contributed by atoms with Crippen molar-refractivity contribution in [3.05, 3.63) is 57.3 Å². The average molecular weight is 456 g/mol. The normalized spacial score (nSPS) is 17.0. The molecular formula is C21H24Cl2FN3O3. The van der Waals surface area contributed by atoms with E-state index in [9.17, 15) is 9.18 Å². The van der Waals surface area contributed by atoms with Crippen LogP contribution in [0.2, 0.25) is 10.0 Å². The van der Waals surface area contributed by atoms with Crippen LogP contribution in [-0.2, 0) is 11.3 Å². The fourth-order valence-corrected chi connectivity index (χ4v) is 3.65. The number of anilines is 1. The third kappa shape index (κ3) is 5.55. The predicted molar refractivity (Wildman–Crippen MR) is 116 cm³/mol. The lowest BCUT2D eigenvalue weighted by atomic mass is 10.1. The maximum absolute atomic E-state index is 13.1. The average Bonchev–Trinajstić information content (AvgIpc) is 2.74. The van der Waals surface area contributed by atoms with Crippen molar-refractivity contribution in [1.29, 1.82) is 0 Å². The molecule has 1 atom stereocenters. The highest BCUT2D eigenvalue weighted by Crippen LogP contribution is 2.38. The number of amides is 1. The number of rotatable bonds is 7. The standard InChI is InChI=1S/C21H24Cl2FN3O3/c1-2-29-20-16(9-17(22)18(23)19(20)25)21(28)26-10-15-12-27(7-8-30-15)11-13-3-5-14(24)6-4-13/h3-6,9,15H,2,7-8,10-12,25H2,1H3,(H,26,28). The van der Waals surface area contributed by atoms with E-state index in [2.05, 4.69) is 10.2 Å². The second-order valence-electron chi connectivity index (χ2n) is 6.96. The van der Waals surface area contributed by atoms with Gasteiger partial charge >= 0.3 is 0 Å². The Morgan fingerprint density at radius 3 is 2.80 bits per heavy atom. The van der Waals surface area contributed by atoms with Crippen molar-refractivity contribution in [2.75, 3.05) is 38.6 Å². The van der Waals surface area contributed by atoms with Gasteiger partial charge in [0.25, 0.3) is 5.91 Å². The van der Waals surface area contributed by atoms with E-state index in [0.29, 0.717) is 32.8 Å². The van der Waals surface area contributed by atoms with Crippen molar-refractivity contribution < 1.29 is 18.7 Å². The molecule has 1 amide bonds. The van der Waals surface area contributed by atoms with Crippen LogP contribution >= 0.6 is 23.2 Å². The minimum Gasteiger partial charge on any atom is -0.491 e. The molecule has 9 heteroatoms. The number of benzene rings is 2. The van der Waals surface area contributed by atoms with Crippen LogP contribution in [0.5, 0.6) is 5.75 Å². The Balaban J connectivity index is 1.61. The number of halogens is 3. The molecule has 2 aromatic rings. The second-order valence-corrected chi connectivity index (χ2v) is 7.75. The summed E-state index contributed by atoms with van der Waals surface area (Å²) in [6.07, 6.45) is -0.182. The van der Waals surface area contributed by atoms with Gasteiger partial charge in [-0.15, -0.1) is 0 Å². The zero-order valence-electron chi connectivity index (χ0n) is 16.6. The van der Waals surface area contributed by atoms with Crippen LogP contribution in [0.15, 0.2) is 30.3 Å². The molecule has 0 bridgehead atoms. The minimum absolute atomic E-state index is 0.135. The summed E-state index contributed by atoms with van der Waals surface area (Å²) >= 11 is 12.2. The summed E-state index contributed by atoms with van der Waals surface area (Å²) in [7, 11) is 0. The van der Waals surface area contributed by atoms with Gasteiger partial charge in [0.2, 0.25) is 0 Å². The number of nitrogens with zero attached hydrogens (tertiary/aromatic N) is 1. The summed E-state index contributed by atoms with van der Waals surface area (Å²) in [6.45, 7) is 5.06. The number of hydrogen-bond donors (Lipinski definition) is 2. The zero-order valence-corrected chi connectivity index (χ0v) is 18.1. The first-order valence-electron chi connectivity index (χ1n) is 9.66. The molecule has 1 unspecified atom stereocenters. The highest BCUT2D eigenvalue weighted by molar-refractivity contribution is 6.44. The smallest absolute Gasteiger partial charge is 0.255 e. The van der Waals surface area contributed by atoms with E-state index in [-0.39, 0.29) is 44.9 Å². The topological polar surface area (TPSA) is 76.8 Å².